The number of carbonyl (C=O) groups excluding carboxylic acids is 1. The lowest BCUT2D eigenvalue weighted by Gasteiger charge is -2.31. The summed E-state index contributed by atoms with van der Waals surface area (Å²) in [5.41, 5.74) is 0.500. The van der Waals surface area contributed by atoms with E-state index in [9.17, 15) is 13.6 Å². The Morgan fingerprint density at radius 2 is 1.80 bits per heavy atom. The molecule has 20 heavy (non-hydrogen) atoms. The van der Waals surface area contributed by atoms with Gasteiger partial charge in [-0.2, -0.15) is 8.78 Å². The molecule has 1 aliphatic rings. The zero-order valence-corrected chi connectivity index (χ0v) is 11.5. The van der Waals surface area contributed by atoms with Crippen LogP contribution in [0, 0.1) is 0 Å². The van der Waals surface area contributed by atoms with Crippen LogP contribution in [0.25, 0.3) is 0 Å². The summed E-state index contributed by atoms with van der Waals surface area (Å²) < 4.78 is 28.4. The van der Waals surface area contributed by atoms with E-state index in [0.29, 0.717) is 5.56 Å². The highest BCUT2D eigenvalue weighted by Gasteiger charge is 2.22. The minimum Gasteiger partial charge on any atom is -0.435 e. The fourth-order valence-corrected chi connectivity index (χ4v) is 2.62. The van der Waals surface area contributed by atoms with E-state index < -0.39 is 6.61 Å². The maximum absolute atomic E-state index is 12.3. The van der Waals surface area contributed by atoms with E-state index in [1.165, 1.54) is 30.7 Å². The van der Waals surface area contributed by atoms with Crippen LogP contribution in [-0.2, 0) is 0 Å². The molecule has 1 fully saturated rings. The summed E-state index contributed by atoms with van der Waals surface area (Å²) in [6, 6.07) is 6.13. The summed E-state index contributed by atoms with van der Waals surface area (Å²) in [4.78, 5) is 14.1. The van der Waals surface area contributed by atoms with Gasteiger partial charge in [0.05, 0.1) is 0 Å². The molecule has 5 heteroatoms. The Morgan fingerprint density at radius 1 is 1.20 bits per heavy atom. The van der Waals surface area contributed by atoms with E-state index in [4.69, 9.17) is 0 Å². The molecule has 2 rings (SSSR count). The number of rotatable bonds is 4. The van der Waals surface area contributed by atoms with Crippen molar-refractivity contribution in [3.05, 3.63) is 29.8 Å². The predicted molar refractivity (Wildman–Crippen MR) is 72.0 cm³/mol. The topological polar surface area (TPSA) is 29.5 Å². The Labute approximate surface area is 117 Å². The van der Waals surface area contributed by atoms with Crippen molar-refractivity contribution in [1.82, 2.24) is 4.90 Å². The molecule has 3 nitrogen and oxygen atoms in total. The first kappa shape index (κ1) is 14.8. The molecular formula is C15H19F2NO2. The molecule has 0 radical (unpaired) electrons. The molecule has 0 atom stereocenters. The fourth-order valence-electron chi connectivity index (χ4n) is 2.62. The molecule has 0 spiro atoms. The second kappa shape index (κ2) is 6.68. The number of halogens is 2. The third-order valence-corrected chi connectivity index (χ3v) is 3.77. The molecule has 0 bridgehead atoms. The van der Waals surface area contributed by atoms with E-state index in [1.807, 2.05) is 7.05 Å². The van der Waals surface area contributed by atoms with Crippen molar-refractivity contribution in [1.29, 1.82) is 0 Å². The highest BCUT2D eigenvalue weighted by atomic mass is 19.3. The molecule has 1 aromatic rings. The molecular weight excluding hydrogens is 264 g/mol. The zero-order valence-electron chi connectivity index (χ0n) is 11.5. The Balaban J connectivity index is 2.00. The lowest BCUT2D eigenvalue weighted by molar-refractivity contribution is -0.0498. The van der Waals surface area contributed by atoms with Gasteiger partial charge in [0.25, 0.3) is 5.91 Å². The lowest BCUT2D eigenvalue weighted by Crippen LogP contribution is -2.38. The summed E-state index contributed by atoms with van der Waals surface area (Å²) in [5.74, 6) is -0.00244. The van der Waals surface area contributed by atoms with Gasteiger partial charge in [0.2, 0.25) is 0 Å². The zero-order chi connectivity index (χ0) is 14.5. The monoisotopic (exact) mass is 283 g/mol. The van der Waals surface area contributed by atoms with Crippen LogP contribution in [0.3, 0.4) is 0 Å². The molecule has 1 saturated carbocycles. The SMILES string of the molecule is CN(C(=O)c1ccc(OC(F)F)cc1)C1CCCCC1. The maximum Gasteiger partial charge on any atom is 0.387 e. The molecule has 110 valence electrons. The van der Waals surface area contributed by atoms with Crippen LogP contribution in [0.1, 0.15) is 42.5 Å². The van der Waals surface area contributed by atoms with E-state index in [1.54, 1.807) is 4.90 Å². The summed E-state index contributed by atoms with van der Waals surface area (Å²) in [7, 11) is 1.81. The van der Waals surface area contributed by atoms with Crippen LogP contribution < -0.4 is 4.74 Å². The summed E-state index contributed by atoms with van der Waals surface area (Å²) in [6.07, 6.45) is 5.62. The van der Waals surface area contributed by atoms with E-state index in [2.05, 4.69) is 4.74 Å². The van der Waals surface area contributed by atoms with Gasteiger partial charge in [-0.3, -0.25) is 4.79 Å². The molecule has 0 saturated heterocycles. The number of hydrogen-bond acceptors (Lipinski definition) is 2. The first-order valence-electron chi connectivity index (χ1n) is 6.90. The quantitative estimate of drug-likeness (QED) is 0.843. The standard InChI is InChI=1S/C15H19F2NO2/c1-18(12-5-3-2-4-6-12)14(19)11-7-9-13(10-8-11)20-15(16)17/h7-10,12,15H,2-6H2,1H3. The maximum atomic E-state index is 12.3. The highest BCUT2D eigenvalue weighted by Crippen LogP contribution is 2.23. The first-order chi connectivity index (χ1) is 9.58. The first-order valence-corrected chi connectivity index (χ1v) is 6.90. The van der Waals surface area contributed by atoms with Gasteiger partial charge in [-0.05, 0) is 37.1 Å². The average molecular weight is 283 g/mol. The summed E-state index contributed by atoms with van der Waals surface area (Å²) >= 11 is 0. The molecule has 0 N–H and O–H groups in total. The second-order valence-corrected chi connectivity index (χ2v) is 5.11. The number of ether oxygens (including phenoxy) is 1. The van der Waals surface area contributed by atoms with Gasteiger partial charge in [-0.15, -0.1) is 0 Å². The van der Waals surface area contributed by atoms with Crippen molar-refractivity contribution in [2.45, 2.75) is 44.8 Å². The van der Waals surface area contributed by atoms with Crippen LogP contribution in [0.2, 0.25) is 0 Å². The van der Waals surface area contributed by atoms with Crippen LogP contribution in [0.4, 0.5) is 8.78 Å². The summed E-state index contributed by atoms with van der Waals surface area (Å²) in [5, 5.41) is 0. The lowest BCUT2D eigenvalue weighted by atomic mass is 9.94. The molecule has 0 aliphatic heterocycles. The van der Waals surface area contributed by atoms with Gasteiger partial charge < -0.3 is 9.64 Å². The van der Waals surface area contributed by atoms with E-state index >= 15 is 0 Å². The van der Waals surface area contributed by atoms with Gasteiger partial charge in [-0.1, -0.05) is 19.3 Å². The van der Waals surface area contributed by atoms with Crippen LogP contribution in [0.5, 0.6) is 5.75 Å². The smallest absolute Gasteiger partial charge is 0.387 e. The molecule has 0 heterocycles. The van der Waals surface area contributed by atoms with E-state index in [0.717, 1.165) is 25.7 Å². The van der Waals surface area contributed by atoms with Gasteiger partial charge in [-0.25, -0.2) is 0 Å². The number of alkyl halides is 2. The van der Waals surface area contributed by atoms with Crippen molar-refractivity contribution in [3.8, 4) is 5.75 Å². The van der Waals surface area contributed by atoms with Crippen LogP contribution in [0.15, 0.2) is 24.3 Å². The van der Waals surface area contributed by atoms with Gasteiger partial charge >= 0.3 is 6.61 Å². The Morgan fingerprint density at radius 3 is 2.35 bits per heavy atom. The van der Waals surface area contributed by atoms with E-state index in [-0.39, 0.29) is 17.7 Å². The minimum atomic E-state index is -2.85. The number of amides is 1. The summed E-state index contributed by atoms with van der Waals surface area (Å²) in [6.45, 7) is -2.85. The number of hydrogen-bond donors (Lipinski definition) is 0. The Kier molecular flexibility index (Phi) is 4.93. The number of benzene rings is 1. The van der Waals surface area contributed by atoms with Crippen LogP contribution >= 0.6 is 0 Å². The molecule has 0 aromatic heterocycles. The third kappa shape index (κ3) is 3.68. The highest BCUT2D eigenvalue weighted by molar-refractivity contribution is 5.94. The fraction of sp³-hybridized carbons (Fsp3) is 0.533. The van der Waals surface area contributed by atoms with Crippen molar-refractivity contribution >= 4 is 5.91 Å². The van der Waals surface area contributed by atoms with Crippen molar-refractivity contribution in [2.75, 3.05) is 7.05 Å². The van der Waals surface area contributed by atoms with Crippen molar-refractivity contribution in [2.24, 2.45) is 0 Å². The molecule has 0 unspecified atom stereocenters. The average Bonchev–Trinajstić information content (AvgIpc) is 2.47. The molecule has 1 amide bonds. The van der Waals surface area contributed by atoms with Gasteiger partial charge in [0.15, 0.2) is 0 Å². The minimum absolute atomic E-state index is 0.0665. The van der Waals surface area contributed by atoms with Gasteiger partial charge in [0, 0.05) is 18.7 Å². The van der Waals surface area contributed by atoms with Gasteiger partial charge in [0.1, 0.15) is 5.75 Å². The number of carbonyl (C=O) groups is 1. The largest absolute Gasteiger partial charge is 0.435 e. The normalized spacial score (nSPS) is 16.2. The number of nitrogens with zero attached hydrogens (tertiary/aromatic N) is 1. The van der Waals surface area contributed by atoms with Crippen molar-refractivity contribution < 1.29 is 18.3 Å². The third-order valence-electron chi connectivity index (χ3n) is 3.77. The van der Waals surface area contributed by atoms with Crippen molar-refractivity contribution in [3.63, 3.8) is 0 Å². The Hall–Kier alpha value is -1.65. The molecule has 1 aliphatic carbocycles. The predicted octanol–water partition coefficient (Wildman–Crippen LogP) is 3.69. The van der Waals surface area contributed by atoms with Crippen LogP contribution in [-0.4, -0.2) is 30.5 Å². The Bertz CT molecular complexity index is 442. The second-order valence-electron chi connectivity index (χ2n) is 5.11. The molecule has 1 aromatic carbocycles.